The van der Waals surface area contributed by atoms with Crippen LogP contribution in [0.4, 0.5) is 0 Å². The van der Waals surface area contributed by atoms with Gasteiger partial charge in [-0.25, -0.2) is 0 Å². The Hall–Kier alpha value is -5.35. The van der Waals surface area contributed by atoms with Crippen molar-refractivity contribution >= 4 is 43.9 Å². The molecular formula is C44H32IrN2O2-2. The fourth-order valence-electron chi connectivity index (χ4n) is 6.40. The fourth-order valence-corrected chi connectivity index (χ4v) is 6.40. The third-order valence-corrected chi connectivity index (χ3v) is 9.05. The molecule has 5 heteroatoms. The molecule has 0 aliphatic carbocycles. The third kappa shape index (κ3) is 5.86. The molecule has 0 saturated heterocycles. The Morgan fingerprint density at radius 3 is 1.96 bits per heavy atom. The fraction of sp³-hybridized carbons (Fsp3) is 0.0909. The molecule has 0 fully saturated rings. The Bertz CT molecular complexity index is 2600. The van der Waals surface area contributed by atoms with Crippen LogP contribution in [-0.4, -0.2) is 9.97 Å². The van der Waals surface area contributed by atoms with E-state index in [4.69, 9.17) is 8.83 Å². The van der Waals surface area contributed by atoms with E-state index in [0.29, 0.717) is 0 Å². The minimum atomic E-state index is 0. The number of hydrogen-bond acceptors (Lipinski definition) is 4. The molecule has 4 heterocycles. The molecule has 0 atom stereocenters. The number of hydrogen-bond donors (Lipinski definition) is 0. The van der Waals surface area contributed by atoms with Gasteiger partial charge >= 0.3 is 0 Å². The third-order valence-electron chi connectivity index (χ3n) is 9.05. The minimum Gasteiger partial charge on any atom is -0.455 e. The number of benzene rings is 5. The van der Waals surface area contributed by atoms with Gasteiger partial charge in [-0.05, 0) is 67.0 Å². The van der Waals surface area contributed by atoms with Crippen LogP contribution < -0.4 is 0 Å². The number of pyridine rings is 2. The zero-order valence-corrected chi connectivity index (χ0v) is 30.0. The quantitative estimate of drug-likeness (QED) is 0.167. The van der Waals surface area contributed by atoms with Gasteiger partial charge in [0.15, 0.2) is 0 Å². The summed E-state index contributed by atoms with van der Waals surface area (Å²) in [7, 11) is 0. The molecular weight excluding hydrogens is 781 g/mol. The van der Waals surface area contributed by atoms with E-state index in [0.717, 1.165) is 83.1 Å². The van der Waals surface area contributed by atoms with Gasteiger partial charge in [-0.15, -0.1) is 71.3 Å². The molecule has 4 aromatic heterocycles. The number of nitrogens with zero attached hydrogens (tertiary/aromatic N) is 2. The van der Waals surface area contributed by atoms with Gasteiger partial charge in [0.1, 0.15) is 22.3 Å². The summed E-state index contributed by atoms with van der Waals surface area (Å²) in [5, 5.41) is 4.32. The van der Waals surface area contributed by atoms with Gasteiger partial charge in [0.25, 0.3) is 0 Å². The zero-order chi connectivity index (χ0) is 32.8. The first-order valence-corrected chi connectivity index (χ1v) is 16.1. The Balaban J connectivity index is 0.000000200. The van der Waals surface area contributed by atoms with Gasteiger partial charge in [0, 0.05) is 54.2 Å². The van der Waals surface area contributed by atoms with Gasteiger partial charge in [-0.3, -0.25) is 0 Å². The van der Waals surface area contributed by atoms with E-state index in [2.05, 4.69) is 98.3 Å². The molecule has 9 aromatic rings. The Labute approximate surface area is 298 Å². The molecule has 1 radical (unpaired) electrons. The Kier molecular flexibility index (Phi) is 8.73. The van der Waals surface area contributed by atoms with E-state index in [9.17, 15) is 0 Å². The topological polar surface area (TPSA) is 52.1 Å². The first-order valence-electron chi connectivity index (χ1n) is 16.1. The average molecular weight is 813 g/mol. The molecule has 241 valence electrons. The van der Waals surface area contributed by atoms with Crippen LogP contribution in [0.2, 0.25) is 0 Å². The van der Waals surface area contributed by atoms with E-state index in [1.807, 2.05) is 73.1 Å². The maximum atomic E-state index is 6.48. The normalized spacial score (nSPS) is 11.1. The van der Waals surface area contributed by atoms with Gasteiger partial charge in [0.2, 0.25) is 0 Å². The summed E-state index contributed by atoms with van der Waals surface area (Å²) in [6, 6.07) is 43.2. The Morgan fingerprint density at radius 2 is 1.27 bits per heavy atom. The minimum absolute atomic E-state index is 0. The SMILES string of the molecule is Cc1c(-c2ccnc(-c3[c-]cccc3)c2)c2oc3ccccc3c2c2oc3ccccc3c12.Cc1c[c-]c(-c2cc(C)c(C)cn2)cc1.[Ir]. The van der Waals surface area contributed by atoms with Crippen LogP contribution in [0.15, 0.2) is 130 Å². The van der Waals surface area contributed by atoms with Crippen molar-refractivity contribution in [2.24, 2.45) is 0 Å². The van der Waals surface area contributed by atoms with Crippen molar-refractivity contribution < 1.29 is 28.9 Å². The van der Waals surface area contributed by atoms with Crippen molar-refractivity contribution in [2.45, 2.75) is 27.7 Å². The molecule has 5 aromatic carbocycles. The maximum absolute atomic E-state index is 6.48. The summed E-state index contributed by atoms with van der Waals surface area (Å²) in [5.74, 6) is 0. The molecule has 0 spiro atoms. The summed E-state index contributed by atoms with van der Waals surface area (Å²) in [6.45, 7) is 8.40. The molecule has 0 saturated carbocycles. The second-order valence-electron chi connectivity index (χ2n) is 12.2. The standard InChI is InChI=1S/C30H18NO2.C14H14N.Ir/c1-18-26(20-15-16-31-23(17-20)19-9-3-2-4-10-19)29-28(22-12-6-8-14-25(22)32-29)30-27(18)21-11-5-7-13-24(21)33-30;1-10-4-6-13(7-5-10)14-8-11(2)12(3)9-15-14;/h2-9,11-17H,1H3;4-6,8-9H,1-3H3;/q2*-1;. The zero-order valence-electron chi connectivity index (χ0n) is 27.6. The van der Waals surface area contributed by atoms with Crippen LogP contribution in [0.1, 0.15) is 22.3 Å². The van der Waals surface area contributed by atoms with Crippen LogP contribution in [0, 0.1) is 39.8 Å². The predicted molar refractivity (Wildman–Crippen MR) is 196 cm³/mol. The smallest absolute Gasteiger partial charge is 0.147 e. The molecule has 9 rings (SSSR count). The van der Waals surface area contributed by atoms with Crippen molar-refractivity contribution in [3.05, 3.63) is 156 Å². The second-order valence-corrected chi connectivity index (χ2v) is 12.2. The number of aromatic nitrogens is 2. The van der Waals surface area contributed by atoms with Gasteiger partial charge < -0.3 is 18.8 Å². The predicted octanol–water partition coefficient (Wildman–Crippen LogP) is 11.8. The summed E-state index contributed by atoms with van der Waals surface area (Å²) in [5.41, 5.74) is 14.4. The monoisotopic (exact) mass is 813 g/mol. The molecule has 0 bridgehead atoms. The molecule has 0 unspecified atom stereocenters. The molecule has 0 N–H and O–H groups in total. The largest absolute Gasteiger partial charge is 0.455 e. The molecule has 49 heavy (non-hydrogen) atoms. The van der Waals surface area contributed by atoms with Crippen molar-refractivity contribution in [1.29, 1.82) is 0 Å². The van der Waals surface area contributed by atoms with Crippen LogP contribution in [0.5, 0.6) is 0 Å². The van der Waals surface area contributed by atoms with Crippen LogP contribution in [0.25, 0.3) is 77.5 Å². The van der Waals surface area contributed by atoms with Crippen LogP contribution in [0.3, 0.4) is 0 Å². The van der Waals surface area contributed by atoms with Gasteiger partial charge in [0.05, 0.1) is 5.39 Å². The van der Waals surface area contributed by atoms with Gasteiger partial charge in [-0.1, -0.05) is 61.0 Å². The summed E-state index contributed by atoms with van der Waals surface area (Å²) in [6.07, 6.45) is 3.77. The Morgan fingerprint density at radius 1 is 0.592 bits per heavy atom. The second kappa shape index (κ2) is 13.3. The number of rotatable bonds is 3. The van der Waals surface area contributed by atoms with Crippen molar-refractivity contribution in [1.82, 2.24) is 9.97 Å². The van der Waals surface area contributed by atoms with Crippen molar-refractivity contribution in [3.8, 4) is 33.6 Å². The summed E-state index contributed by atoms with van der Waals surface area (Å²) in [4.78, 5) is 9.02. The van der Waals surface area contributed by atoms with Crippen molar-refractivity contribution in [3.63, 3.8) is 0 Å². The number of aryl methyl sites for hydroxylation is 4. The number of furan rings is 2. The summed E-state index contributed by atoms with van der Waals surface area (Å²) < 4.78 is 12.9. The first kappa shape index (κ1) is 32.2. The molecule has 0 aliphatic heterocycles. The van der Waals surface area contributed by atoms with Crippen LogP contribution >= 0.6 is 0 Å². The summed E-state index contributed by atoms with van der Waals surface area (Å²) >= 11 is 0. The van der Waals surface area contributed by atoms with E-state index < -0.39 is 0 Å². The van der Waals surface area contributed by atoms with Crippen LogP contribution in [-0.2, 0) is 20.1 Å². The average Bonchev–Trinajstić information content (AvgIpc) is 3.70. The van der Waals surface area contributed by atoms with E-state index in [1.54, 1.807) is 0 Å². The van der Waals surface area contributed by atoms with E-state index >= 15 is 0 Å². The van der Waals surface area contributed by atoms with E-state index in [1.165, 1.54) is 16.7 Å². The maximum Gasteiger partial charge on any atom is 0.147 e. The van der Waals surface area contributed by atoms with Crippen molar-refractivity contribution in [2.75, 3.05) is 0 Å². The number of fused-ring (bicyclic) bond motifs is 7. The molecule has 4 nitrogen and oxygen atoms in total. The van der Waals surface area contributed by atoms with E-state index in [-0.39, 0.29) is 20.1 Å². The first-order chi connectivity index (χ1) is 23.5. The molecule has 0 amide bonds. The molecule has 0 aliphatic rings. The van der Waals surface area contributed by atoms with Gasteiger partial charge in [-0.2, -0.15) is 0 Å². The number of para-hydroxylation sites is 2.